The summed E-state index contributed by atoms with van der Waals surface area (Å²) in [5.41, 5.74) is 2.73. The number of nitrogens with zero attached hydrogens (tertiary/aromatic N) is 5. The number of nitrogens with one attached hydrogen (secondary N) is 1. The largest absolute Gasteiger partial charge is 0.346 e. The molecule has 2 aromatic heterocycles. The number of aromatic nitrogens is 5. The van der Waals surface area contributed by atoms with Gasteiger partial charge in [-0.05, 0) is 38.8 Å². The van der Waals surface area contributed by atoms with Crippen molar-refractivity contribution in [3.05, 3.63) is 53.9 Å². The number of hydrogen-bond acceptors (Lipinski definition) is 5. The normalized spacial score (nSPS) is 16.7. The number of hydrogen-bond donors (Lipinski definition) is 1. The molecule has 3 aromatic rings. The van der Waals surface area contributed by atoms with Crippen LogP contribution in [0.5, 0.6) is 0 Å². The van der Waals surface area contributed by atoms with Crippen molar-refractivity contribution < 1.29 is 8.42 Å². The Morgan fingerprint density at radius 2 is 1.81 bits per heavy atom. The van der Waals surface area contributed by atoms with Crippen molar-refractivity contribution in [1.29, 1.82) is 0 Å². The molecule has 0 aliphatic carbocycles. The maximum absolute atomic E-state index is 13.1. The highest BCUT2D eigenvalue weighted by Gasteiger charge is 2.34. The van der Waals surface area contributed by atoms with Crippen LogP contribution in [0.25, 0.3) is 5.69 Å². The SMILES string of the molecule is Cc1nc(C2CCN(S(=O)(=O)c3ncnn3-c3ccccc3)CC2)[nH]c1C. The van der Waals surface area contributed by atoms with Crippen molar-refractivity contribution in [2.75, 3.05) is 13.1 Å². The molecule has 4 rings (SSSR count). The predicted octanol–water partition coefficient (Wildman–Crippen LogP) is 2.18. The second-order valence-corrected chi connectivity index (χ2v) is 8.63. The van der Waals surface area contributed by atoms with Crippen LogP contribution in [-0.4, -0.2) is 50.5 Å². The zero-order chi connectivity index (χ0) is 19.0. The van der Waals surface area contributed by atoms with Crippen LogP contribution < -0.4 is 0 Å². The highest BCUT2D eigenvalue weighted by molar-refractivity contribution is 7.89. The van der Waals surface area contributed by atoms with Gasteiger partial charge in [-0.2, -0.15) is 9.40 Å². The number of aromatic amines is 1. The maximum atomic E-state index is 13.1. The summed E-state index contributed by atoms with van der Waals surface area (Å²) in [6, 6.07) is 9.17. The van der Waals surface area contributed by atoms with Crippen LogP contribution in [0.3, 0.4) is 0 Å². The Kier molecular flexibility index (Phi) is 4.56. The first kappa shape index (κ1) is 17.9. The summed E-state index contributed by atoms with van der Waals surface area (Å²) >= 11 is 0. The molecule has 1 aromatic carbocycles. The molecule has 0 unspecified atom stereocenters. The van der Waals surface area contributed by atoms with E-state index in [4.69, 9.17) is 0 Å². The van der Waals surface area contributed by atoms with Gasteiger partial charge in [-0.15, -0.1) is 0 Å². The summed E-state index contributed by atoms with van der Waals surface area (Å²) in [6.07, 6.45) is 2.73. The Bertz CT molecular complexity index is 1010. The Balaban J connectivity index is 1.54. The smallest absolute Gasteiger partial charge is 0.278 e. The van der Waals surface area contributed by atoms with E-state index in [0.717, 1.165) is 30.1 Å². The summed E-state index contributed by atoms with van der Waals surface area (Å²) in [5, 5.41) is 4.06. The first-order valence-corrected chi connectivity index (χ1v) is 10.4. The Morgan fingerprint density at radius 1 is 1.11 bits per heavy atom. The first-order valence-electron chi connectivity index (χ1n) is 8.95. The minimum Gasteiger partial charge on any atom is -0.346 e. The lowest BCUT2D eigenvalue weighted by Crippen LogP contribution is -2.39. The Hall–Kier alpha value is -2.52. The zero-order valence-electron chi connectivity index (χ0n) is 15.3. The number of imidazole rings is 1. The molecule has 1 saturated heterocycles. The van der Waals surface area contributed by atoms with Gasteiger partial charge in [0.15, 0.2) is 0 Å². The summed E-state index contributed by atoms with van der Waals surface area (Å²) in [6.45, 7) is 4.86. The van der Waals surface area contributed by atoms with Crippen molar-refractivity contribution in [2.24, 2.45) is 0 Å². The summed E-state index contributed by atoms with van der Waals surface area (Å²) in [5.74, 6) is 1.20. The van der Waals surface area contributed by atoms with Crippen molar-refractivity contribution in [3.63, 3.8) is 0 Å². The molecule has 0 atom stereocenters. The lowest BCUT2D eigenvalue weighted by molar-refractivity contribution is 0.311. The summed E-state index contributed by atoms with van der Waals surface area (Å²) in [7, 11) is -3.71. The molecule has 9 heteroatoms. The van der Waals surface area contributed by atoms with Gasteiger partial charge < -0.3 is 4.98 Å². The van der Waals surface area contributed by atoms with Gasteiger partial charge in [0.05, 0.1) is 11.4 Å². The van der Waals surface area contributed by atoms with E-state index in [1.54, 1.807) is 0 Å². The van der Waals surface area contributed by atoms with E-state index in [2.05, 4.69) is 20.1 Å². The maximum Gasteiger partial charge on any atom is 0.278 e. The molecule has 0 radical (unpaired) electrons. The highest BCUT2D eigenvalue weighted by Crippen LogP contribution is 2.29. The fourth-order valence-corrected chi connectivity index (χ4v) is 4.88. The molecule has 0 amide bonds. The van der Waals surface area contributed by atoms with Crippen molar-refractivity contribution in [3.8, 4) is 5.69 Å². The molecular formula is C18H22N6O2S. The van der Waals surface area contributed by atoms with Gasteiger partial charge >= 0.3 is 0 Å². The van der Waals surface area contributed by atoms with Crippen molar-refractivity contribution in [1.82, 2.24) is 29.0 Å². The van der Waals surface area contributed by atoms with Crippen molar-refractivity contribution in [2.45, 2.75) is 37.8 Å². The first-order chi connectivity index (χ1) is 13.0. The van der Waals surface area contributed by atoms with Gasteiger partial charge in [0, 0.05) is 24.7 Å². The fraction of sp³-hybridized carbons (Fsp3) is 0.389. The predicted molar refractivity (Wildman–Crippen MR) is 100 cm³/mol. The fourth-order valence-electron chi connectivity index (χ4n) is 3.41. The highest BCUT2D eigenvalue weighted by atomic mass is 32.2. The lowest BCUT2D eigenvalue weighted by Gasteiger charge is -2.29. The van der Waals surface area contributed by atoms with E-state index >= 15 is 0 Å². The molecule has 27 heavy (non-hydrogen) atoms. The lowest BCUT2D eigenvalue weighted by atomic mass is 9.97. The van der Waals surface area contributed by atoms with E-state index < -0.39 is 10.0 Å². The van der Waals surface area contributed by atoms with Crippen LogP contribution in [0.4, 0.5) is 0 Å². The Labute approximate surface area is 158 Å². The number of piperidine rings is 1. The number of aryl methyl sites for hydroxylation is 2. The van der Waals surface area contributed by atoms with Crippen LogP contribution in [0.1, 0.15) is 36.0 Å². The monoisotopic (exact) mass is 386 g/mol. The number of rotatable bonds is 4. The minimum absolute atomic E-state index is 0.0446. The second kappa shape index (κ2) is 6.90. The standard InChI is InChI=1S/C18H22N6O2S/c1-13-14(2)22-17(21-13)15-8-10-23(11-9-15)27(25,26)18-19-12-20-24(18)16-6-4-3-5-7-16/h3-7,12,15H,8-11H2,1-2H3,(H,21,22). The van der Waals surface area contributed by atoms with Crippen LogP contribution in [0.15, 0.2) is 41.8 Å². The van der Waals surface area contributed by atoms with Gasteiger partial charge in [0.2, 0.25) is 0 Å². The molecule has 0 saturated carbocycles. The van der Waals surface area contributed by atoms with Crippen LogP contribution in [0, 0.1) is 13.8 Å². The molecule has 3 heterocycles. The minimum atomic E-state index is -3.71. The average Bonchev–Trinajstić information content (AvgIpc) is 3.30. The van der Waals surface area contributed by atoms with Gasteiger partial charge in [-0.1, -0.05) is 18.2 Å². The molecule has 0 spiro atoms. The molecule has 142 valence electrons. The van der Waals surface area contributed by atoms with E-state index in [1.165, 1.54) is 15.3 Å². The van der Waals surface area contributed by atoms with Gasteiger partial charge in [0.1, 0.15) is 12.2 Å². The van der Waals surface area contributed by atoms with Gasteiger partial charge in [-0.3, -0.25) is 0 Å². The number of benzene rings is 1. The van der Waals surface area contributed by atoms with E-state index in [9.17, 15) is 8.42 Å². The number of sulfonamides is 1. The van der Waals surface area contributed by atoms with Crippen molar-refractivity contribution >= 4 is 10.0 Å². The van der Waals surface area contributed by atoms with Crippen LogP contribution in [0.2, 0.25) is 0 Å². The average molecular weight is 386 g/mol. The summed E-state index contributed by atoms with van der Waals surface area (Å²) < 4.78 is 29.1. The second-order valence-electron chi connectivity index (χ2n) is 6.80. The van der Waals surface area contributed by atoms with Gasteiger partial charge in [-0.25, -0.2) is 23.1 Å². The Morgan fingerprint density at radius 3 is 2.44 bits per heavy atom. The molecule has 1 fully saturated rings. The quantitative estimate of drug-likeness (QED) is 0.741. The number of para-hydroxylation sites is 1. The number of H-pyrrole nitrogens is 1. The zero-order valence-corrected chi connectivity index (χ0v) is 16.1. The van der Waals surface area contributed by atoms with E-state index in [0.29, 0.717) is 18.8 Å². The molecule has 8 nitrogen and oxygen atoms in total. The molecule has 1 aliphatic heterocycles. The van der Waals surface area contributed by atoms with E-state index in [-0.39, 0.29) is 11.1 Å². The van der Waals surface area contributed by atoms with Crippen LogP contribution >= 0.6 is 0 Å². The third-order valence-electron chi connectivity index (χ3n) is 5.07. The van der Waals surface area contributed by atoms with Gasteiger partial charge in [0.25, 0.3) is 15.2 Å². The topological polar surface area (TPSA) is 96.8 Å². The van der Waals surface area contributed by atoms with E-state index in [1.807, 2.05) is 44.2 Å². The molecule has 0 bridgehead atoms. The molecule has 1 N–H and O–H groups in total. The molecule has 1 aliphatic rings. The third kappa shape index (κ3) is 3.28. The summed E-state index contributed by atoms with van der Waals surface area (Å²) in [4.78, 5) is 11.9. The third-order valence-corrected chi connectivity index (χ3v) is 6.86. The van der Waals surface area contributed by atoms with Crippen LogP contribution in [-0.2, 0) is 10.0 Å². The molecular weight excluding hydrogens is 364 g/mol.